The van der Waals surface area contributed by atoms with Crippen molar-refractivity contribution in [2.45, 2.75) is 24.2 Å². The smallest absolute Gasteiger partial charge is 0.243 e. The van der Waals surface area contributed by atoms with Crippen LogP contribution in [0.1, 0.15) is 19.3 Å². The van der Waals surface area contributed by atoms with Gasteiger partial charge in [0.05, 0.1) is 4.90 Å². The Bertz CT molecular complexity index is 691. The minimum absolute atomic E-state index is 0.377. The standard InChI is InChI=1S/C16H18N2O2S/c19-21(20,18-12-2-1-3-13-18)16-6-4-14(5-7-16)15-8-10-17-11-9-15/h4-11H,1-3,12-13H2. The summed E-state index contributed by atoms with van der Waals surface area (Å²) in [6, 6.07) is 10.9. The van der Waals surface area contributed by atoms with E-state index in [0.29, 0.717) is 18.0 Å². The van der Waals surface area contributed by atoms with E-state index in [0.717, 1.165) is 30.4 Å². The van der Waals surface area contributed by atoms with E-state index in [1.807, 2.05) is 24.3 Å². The van der Waals surface area contributed by atoms with Gasteiger partial charge in [-0.1, -0.05) is 18.6 Å². The van der Waals surface area contributed by atoms with E-state index >= 15 is 0 Å². The molecule has 3 rings (SSSR count). The van der Waals surface area contributed by atoms with E-state index < -0.39 is 10.0 Å². The highest BCUT2D eigenvalue weighted by molar-refractivity contribution is 7.89. The second-order valence-corrected chi connectivity index (χ2v) is 7.16. The SMILES string of the molecule is O=S(=O)(c1ccc(-c2ccncc2)cc1)N1CCCCC1. The third kappa shape index (κ3) is 2.99. The molecule has 0 aliphatic carbocycles. The lowest BCUT2D eigenvalue weighted by atomic mass is 10.1. The van der Waals surface area contributed by atoms with Gasteiger partial charge in [-0.05, 0) is 48.2 Å². The van der Waals surface area contributed by atoms with Crippen LogP contribution in [0.5, 0.6) is 0 Å². The second-order valence-electron chi connectivity index (χ2n) is 5.23. The van der Waals surface area contributed by atoms with Gasteiger partial charge in [0.2, 0.25) is 10.0 Å². The third-order valence-corrected chi connectivity index (χ3v) is 5.73. The van der Waals surface area contributed by atoms with Crippen LogP contribution in [0.3, 0.4) is 0 Å². The van der Waals surface area contributed by atoms with Crippen LogP contribution in [0.15, 0.2) is 53.7 Å². The molecular weight excluding hydrogens is 284 g/mol. The highest BCUT2D eigenvalue weighted by atomic mass is 32.2. The number of nitrogens with zero attached hydrogens (tertiary/aromatic N) is 2. The quantitative estimate of drug-likeness (QED) is 0.876. The molecule has 21 heavy (non-hydrogen) atoms. The fourth-order valence-corrected chi connectivity index (χ4v) is 4.14. The number of hydrogen-bond acceptors (Lipinski definition) is 3. The third-order valence-electron chi connectivity index (χ3n) is 3.82. The fraction of sp³-hybridized carbons (Fsp3) is 0.312. The van der Waals surface area contributed by atoms with E-state index in [-0.39, 0.29) is 0 Å². The number of rotatable bonds is 3. The van der Waals surface area contributed by atoms with Gasteiger partial charge in [-0.15, -0.1) is 0 Å². The highest BCUT2D eigenvalue weighted by Crippen LogP contribution is 2.24. The molecule has 1 aromatic heterocycles. The van der Waals surface area contributed by atoms with E-state index in [4.69, 9.17) is 0 Å². The molecule has 0 bridgehead atoms. The molecule has 0 radical (unpaired) electrons. The Labute approximate surface area is 125 Å². The monoisotopic (exact) mass is 302 g/mol. The van der Waals surface area contributed by atoms with Crippen molar-refractivity contribution in [1.82, 2.24) is 9.29 Å². The molecule has 1 aromatic carbocycles. The Morgan fingerprint density at radius 2 is 1.38 bits per heavy atom. The molecule has 2 aromatic rings. The molecule has 0 saturated carbocycles. The average Bonchev–Trinajstić information content (AvgIpc) is 2.57. The first-order chi connectivity index (χ1) is 10.2. The molecule has 1 aliphatic heterocycles. The largest absolute Gasteiger partial charge is 0.265 e. The summed E-state index contributed by atoms with van der Waals surface area (Å²) < 4.78 is 26.7. The number of hydrogen-bond donors (Lipinski definition) is 0. The van der Waals surface area contributed by atoms with E-state index in [9.17, 15) is 8.42 Å². The number of piperidine rings is 1. The van der Waals surface area contributed by atoms with Crippen LogP contribution in [0, 0.1) is 0 Å². The van der Waals surface area contributed by atoms with Gasteiger partial charge in [-0.2, -0.15) is 4.31 Å². The maximum absolute atomic E-state index is 12.6. The van der Waals surface area contributed by atoms with Gasteiger partial charge in [-0.3, -0.25) is 4.98 Å². The number of pyridine rings is 1. The van der Waals surface area contributed by atoms with Gasteiger partial charge in [0.1, 0.15) is 0 Å². The Morgan fingerprint density at radius 3 is 2.00 bits per heavy atom. The van der Waals surface area contributed by atoms with Gasteiger partial charge in [0, 0.05) is 25.5 Å². The predicted octanol–water partition coefficient (Wildman–Crippen LogP) is 2.92. The van der Waals surface area contributed by atoms with Gasteiger partial charge in [0.15, 0.2) is 0 Å². The van der Waals surface area contributed by atoms with E-state index in [1.165, 1.54) is 0 Å². The molecule has 1 saturated heterocycles. The summed E-state index contributed by atoms with van der Waals surface area (Å²) in [5, 5.41) is 0. The first-order valence-electron chi connectivity index (χ1n) is 7.18. The zero-order chi connectivity index (χ0) is 14.7. The Hall–Kier alpha value is -1.72. The van der Waals surface area contributed by atoms with Crippen LogP contribution in [0.4, 0.5) is 0 Å². The molecule has 2 heterocycles. The van der Waals surface area contributed by atoms with Crippen molar-refractivity contribution in [3.05, 3.63) is 48.8 Å². The second kappa shape index (κ2) is 5.95. The van der Waals surface area contributed by atoms with Gasteiger partial charge in [-0.25, -0.2) is 8.42 Å². The van der Waals surface area contributed by atoms with Gasteiger partial charge >= 0.3 is 0 Å². The topological polar surface area (TPSA) is 50.3 Å². The molecule has 0 amide bonds. The summed E-state index contributed by atoms with van der Waals surface area (Å²) in [5.74, 6) is 0. The molecule has 0 atom stereocenters. The van der Waals surface area contributed by atoms with Crippen molar-refractivity contribution in [2.75, 3.05) is 13.1 Å². The zero-order valence-corrected chi connectivity index (χ0v) is 12.6. The molecule has 4 nitrogen and oxygen atoms in total. The lowest BCUT2D eigenvalue weighted by Crippen LogP contribution is -2.35. The van der Waals surface area contributed by atoms with Gasteiger partial charge in [0.25, 0.3) is 0 Å². The molecule has 1 aliphatic rings. The summed E-state index contributed by atoms with van der Waals surface area (Å²) in [6.07, 6.45) is 6.48. The number of benzene rings is 1. The molecule has 110 valence electrons. The van der Waals surface area contributed by atoms with Crippen LogP contribution in [0.2, 0.25) is 0 Å². The Balaban J connectivity index is 1.87. The van der Waals surface area contributed by atoms with Crippen LogP contribution < -0.4 is 0 Å². The highest BCUT2D eigenvalue weighted by Gasteiger charge is 2.25. The molecule has 5 heteroatoms. The predicted molar refractivity (Wildman–Crippen MR) is 82.3 cm³/mol. The fourth-order valence-electron chi connectivity index (χ4n) is 2.62. The maximum Gasteiger partial charge on any atom is 0.243 e. The lowest BCUT2D eigenvalue weighted by molar-refractivity contribution is 0.346. The first-order valence-corrected chi connectivity index (χ1v) is 8.62. The summed E-state index contributed by atoms with van der Waals surface area (Å²) in [4.78, 5) is 4.36. The molecule has 0 unspecified atom stereocenters. The van der Waals surface area contributed by atoms with E-state index in [1.54, 1.807) is 28.8 Å². The first kappa shape index (κ1) is 14.2. The van der Waals surface area contributed by atoms with Crippen molar-refractivity contribution in [3.8, 4) is 11.1 Å². The van der Waals surface area contributed by atoms with Crippen LogP contribution in [-0.2, 0) is 10.0 Å². The number of sulfonamides is 1. The summed E-state index contributed by atoms with van der Waals surface area (Å²) in [7, 11) is -3.34. The number of aromatic nitrogens is 1. The normalized spacial score (nSPS) is 16.8. The Morgan fingerprint density at radius 1 is 0.810 bits per heavy atom. The van der Waals surface area contributed by atoms with E-state index in [2.05, 4.69) is 4.98 Å². The zero-order valence-electron chi connectivity index (χ0n) is 11.8. The van der Waals surface area contributed by atoms with Crippen molar-refractivity contribution >= 4 is 10.0 Å². The van der Waals surface area contributed by atoms with Crippen molar-refractivity contribution in [2.24, 2.45) is 0 Å². The summed E-state index contributed by atoms with van der Waals surface area (Å²) in [5.41, 5.74) is 2.03. The maximum atomic E-state index is 12.6. The molecular formula is C16H18N2O2S. The molecule has 1 fully saturated rings. The minimum atomic E-state index is -3.34. The van der Waals surface area contributed by atoms with Crippen LogP contribution in [-0.4, -0.2) is 30.8 Å². The van der Waals surface area contributed by atoms with Crippen LogP contribution in [0.25, 0.3) is 11.1 Å². The van der Waals surface area contributed by atoms with Crippen molar-refractivity contribution < 1.29 is 8.42 Å². The van der Waals surface area contributed by atoms with Crippen molar-refractivity contribution in [1.29, 1.82) is 0 Å². The minimum Gasteiger partial charge on any atom is -0.265 e. The Kier molecular flexibility index (Phi) is 4.03. The molecule has 0 spiro atoms. The lowest BCUT2D eigenvalue weighted by Gasteiger charge is -2.25. The summed E-state index contributed by atoms with van der Waals surface area (Å²) >= 11 is 0. The van der Waals surface area contributed by atoms with Gasteiger partial charge < -0.3 is 0 Å². The summed E-state index contributed by atoms with van der Waals surface area (Å²) in [6.45, 7) is 1.27. The van der Waals surface area contributed by atoms with Crippen molar-refractivity contribution in [3.63, 3.8) is 0 Å². The molecule has 0 N–H and O–H groups in total. The van der Waals surface area contributed by atoms with Crippen LogP contribution >= 0.6 is 0 Å². The average molecular weight is 302 g/mol.